The highest BCUT2D eigenvalue weighted by Gasteiger charge is 2.58. The van der Waals surface area contributed by atoms with Crippen molar-refractivity contribution in [1.29, 1.82) is 0 Å². The van der Waals surface area contributed by atoms with Gasteiger partial charge in [0.2, 0.25) is 0 Å². The molecular formula is C7H10O5. The lowest BCUT2D eigenvalue weighted by Crippen LogP contribution is -2.47. The Balaban J connectivity index is 2.13. The first-order valence-corrected chi connectivity index (χ1v) is 3.82. The normalized spacial score (nSPS) is 51.3. The molecule has 2 aliphatic rings. The molecule has 4 atom stereocenters. The molecule has 0 unspecified atom stereocenters. The van der Waals surface area contributed by atoms with E-state index in [0.717, 1.165) is 0 Å². The van der Waals surface area contributed by atoms with Gasteiger partial charge in [-0.1, -0.05) is 0 Å². The molecule has 5 heteroatoms. The van der Waals surface area contributed by atoms with Crippen molar-refractivity contribution in [3.05, 3.63) is 0 Å². The first-order valence-electron chi connectivity index (χ1n) is 3.82. The molecule has 1 saturated heterocycles. The Labute approximate surface area is 68.6 Å². The summed E-state index contributed by atoms with van der Waals surface area (Å²) >= 11 is 0. The Morgan fingerprint density at radius 1 is 1.50 bits per heavy atom. The van der Waals surface area contributed by atoms with E-state index in [4.69, 9.17) is 9.84 Å². The number of carboxylic acid groups (broad SMARTS) is 1. The minimum absolute atomic E-state index is 0.0874. The summed E-state index contributed by atoms with van der Waals surface area (Å²) in [6.07, 6.45) is -1.41. The monoisotopic (exact) mass is 174 g/mol. The molecule has 3 N–H and O–H groups in total. The third-order valence-electron chi connectivity index (χ3n) is 2.48. The Kier molecular flexibility index (Phi) is 1.45. The molecule has 5 nitrogen and oxygen atoms in total. The molecule has 1 saturated carbocycles. The summed E-state index contributed by atoms with van der Waals surface area (Å²) in [5.41, 5.74) is -1.79. The van der Waals surface area contributed by atoms with Gasteiger partial charge in [-0.25, -0.2) is 4.79 Å². The van der Waals surface area contributed by atoms with E-state index in [1.807, 2.05) is 0 Å². The van der Waals surface area contributed by atoms with E-state index < -0.39 is 17.7 Å². The molecule has 2 fully saturated rings. The van der Waals surface area contributed by atoms with Gasteiger partial charge in [0.15, 0.2) is 5.60 Å². The fourth-order valence-electron chi connectivity index (χ4n) is 1.71. The lowest BCUT2D eigenvalue weighted by atomic mass is 9.83. The lowest BCUT2D eigenvalue weighted by Gasteiger charge is -2.27. The average molecular weight is 174 g/mol. The van der Waals surface area contributed by atoms with Gasteiger partial charge in [0.05, 0.1) is 12.2 Å². The van der Waals surface area contributed by atoms with E-state index in [9.17, 15) is 15.0 Å². The van der Waals surface area contributed by atoms with Gasteiger partial charge < -0.3 is 20.1 Å². The summed E-state index contributed by atoms with van der Waals surface area (Å²) < 4.78 is 4.96. The van der Waals surface area contributed by atoms with E-state index in [1.165, 1.54) is 0 Å². The molecule has 1 aliphatic carbocycles. The molecule has 0 spiro atoms. The summed E-state index contributed by atoms with van der Waals surface area (Å²) in [5.74, 6) is -1.28. The van der Waals surface area contributed by atoms with Crippen molar-refractivity contribution in [3.8, 4) is 0 Å². The second-order valence-corrected chi connectivity index (χ2v) is 3.45. The zero-order valence-corrected chi connectivity index (χ0v) is 6.30. The summed E-state index contributed by atoms with van der Waals surface area (Å²) in [7, 11) is 0. The van der Waals surface area contributed by atoms with E-state index in [1.54, 1.807) is 0 Å². The van der Waals surface area contributed by atoms with Crippen LogP contribution >= 0.6 is 0 Å². The molecule has 0 aromatic carbocycles. The predicted molar refractivity (Wildman–Crippen MR) is 36.5 cm³/mol. The quantitative estimate of drug-likeness (QED) is 0.431. The highest BCUT2D eigenvalue weighted by atomic mass is 16.6. The van der Waals surface area contributed by atoms with Crippen molar-refractivity contribution in [1.82, 2.24) is 0 Å². The molecule has 0 aromatic rings. The average Bonchev–Trinajstić information content (AvgIpc) is 2.66. The van der Waals surface area contributed by atoms with Crippen LogP contribution in [0, 0.1) is 0 Å². The number of carboxylic acids is 1. The molecule has 0 aromatic heterocycles. The highest BCUT2D eigenvalue weighted by Crippen LogP contribution is 2.41. The largest absolute Gasteiger partial charge is 0.479 e. The summed E-state index contributed by atoms with van der Waals surface area (Å²) in [5, 5.41) is 27.4. The predicted octanol–water partition coefficient (Wildman–Crippen LogP) is -1.28. The molecule has 0 amide bonds. The van der Waals surface area contributed by atoms with Crippen molar-refractivity contribution in [2.24, 2.45) is 0 Å². The SMILES string of the molecule is O=C(O)[C@]1(O)C[C@@H](O)[C@H]2O[C@H]2C1. The molecule has 1 aliphatic heterocycles. The van der Waals surface area contributed by atoms with Crippen LogP contribution in [0.1, 0.15) is 12.8 Å². The fraction of sp³-hybridized carbons (Fsp3) is 0.857. The number of fused-ring (bicyclic) bond motifs is 1. The van der Waals surface area contributed by atoms with E-state index in [2.05, 4.69) is 0 Å². The second kappa shape index (κ2) is 2.18. The molecule has 2 rings (SSSR count). The molecule has 68 valence electrons. The molecule has 1 heterocycles. The summed E-state index contributed by atoms with van der Waals surface area (Å²) in [4.78, 5) is 10.6. The topological polar surface area (TPSA) is 90.3 Å². The lowest BCUT2D eigenvalue weighted by molar-refractivity contribution is -0.164. The number of carbonyl (C=O) groups is 1. The van der Waals surface area contributed by atoms with Crippen LogP contribution in [-0.2, 0) is 9.53 Å². The van der Waals surface area contributed by atoms with Crippen LogP contribution in [-0.4, -0.2) is 45.2 Å². The van der Waals surface area contributed by atoms with E-state index in [-0.39, 0.29) is 25.0 Å². The zero-order valence-electron chi connectivity index (χ0n) is 6.30. The van der Waals surface area contributed by atoms with Crippen molar-refractivity contribution < 1.29 is 24.9 Å². The van der Waals surface area contributed by atoms with Crippen LogP contribution in [0.3, 0.4) is 0 Å². The van der Waals surface area contributed by atoms with Crippen LogP contribution in [0.25, 0.3) is 0 Å². The van der Waals surface area contributed by atoms with Gasteiger partial charge in [0, 0.05) is 12.8 Å². The van der Waals surface area contributed by atoms with Gasteiger partial charge in [0.1, 0.15) is 6.10 Å². The Morgan fingerprint density at radius 2 is 2.17 bits per heavy atom. The van der Waals surface area contributed by atoms with Gasteiger partial charge in [-0.05, 0) is 0 Å². The van der Waals surface area contributed by atoms with Crippen molar-refractivity contribution in [2.75, 3.05) is 0 Å². The number of ether oxygens (including phenoxy) is 1. The second-order valence-electron chi connectivity index (χ2n) is 3.45. The minimum atomic E-state index is -1.79. The molecule has 0 bridgehead atoms. The molecular weight excluding hydrogens is 164 g/mol. The third-order valence-corrected chi connectivity index (χ3v) is 2.48. The zero-order chi connectivity index (χ0) is 8.93. The number of aliphatic hydroxyl groups is 2. The van der Waals surface area contributed by atoms with Crippen molar-refractivity contribution in [2.45, 2.75) is 36.8 Å². The third kappa shape index (κ3) is 1.01. The number of rotatable bonds is 1. The number of aliphatic carboxylic acids is 1. The first kappa shape index (κ1) is 7.97. The van der Waals surface area contributed by atoms with Crippen LogP contribution in [0.15, 0.2) is 0 Å². The number of hydrogen-bond donors (Lipinski definition) is 3. The Hall–Kier alpha value is -0.650. The maximum absolute atomic E-state index is 10.6. The van der Waals surface area contributed by atoms with Gasteiger partial charge in [0.25, 0.3) is 0 Å². The van der Waals surface area contributed by atoms with Crippen LogP contribution in [0.4, 0.5) is 0 Å². The smallest absolute Gasteiger partial charge is 0.335 e. The van der Waals surface area contributed by atoms with Gasteiger partial charge in [-0.3, -0.25) is 0 Å². The summed E-state index contributed by atoms with van der Waals surface area (Å²) in [6, 6.07) is 0. The van der Waals surface area contributed by atoms with Gasteiger partial charge in [-0.15, -0.1) is 0 Å². The van der Waals surface area contributed by atoms with Crippen molar-refractivity contribution >= 4 is 5.97 Å². The maximum atomic E-state index is 10.6. The Bertz CT molecular complexity index is 228. The number of epoxide rings is 1. The maximum Gasteiger partial charge on any atom is 0.335 e. The molecule has 12 heavy (non-hydrogen) atoms. The van der Waals surface area contributed by atoms with E-state index in [0.29, 0.717) is 0 Å². The van der Waals surface area contributed by atoms with Gasteiger partial charge in [-0.2, -0.15) is 0 Å². The van der Waals surface area contributed by atoms with E-state index >= 15 is 0 Å². The Morgan fingerprint density at radius 3 is 2.67 bits per heavy atom. The van der Waals surface area contributed by atoms with Crippen LogP contribution in [0.2, 0.25) is 0 Å². The fourth-order valence-corrected chi connectivity index (χ4v) is 1.71. The van der Waals surface area contributed by atoms with Gasteiger partial charge >= 0.3 is 5.97 Å². The summed E-state index contributed by atoms with van der Waals surface area (Å²) in [6.45, 7) is 0. The number of hydrogen-bond acceptors (Lipinski definition) is 4. The van der Waals surface area contributed by atoms with Crippen LogP contribution < -0.4 is 0 Å². The van der Waals surface area contributed by atoms with Crippen LogP contribution in [0.5, 0.6) is 0 Å². The highest BCUT2D eigenvalue weighted by molar-refractivity contribution is 5.77. The molecule has 0 radical (unpaired) electrons. The standard InChI is InChI=1S/C7H10O5/c8-3-1-7(11,6(9)10)2-4-5(3)12-4/h3-5,8,11H,1-2H2,(H,9,10)/t3-,4+,5-,7+/m1/s1. The van der Waals surface area contributed by atoms with Crippen molar-refractivity contribution in [3.63, 3.8) is 0 Å². The first-order chi connectivity index (χ1) is 5.53. The number of aliphatic hydroxyl groups excluding tert-OH is 1. The minimum Gasteiger partial charge on any atom is -0.479 e.